The topological polar surface area (TPSA) is 84.7 Å². The zero-order chi connectivity index (χ0) is 26.6. The van der Waals surface area contributed by atoms with Gasteiger partial charge in [-0.15, -0.1) is 11.3 Å². The summed E-state index contributed by atoms with van der Waals surface area (Å²) in [6.07, 6.45) is 6.67. The smallest absolute Gasteiger partial charge is 0.271 e. The lowest BCUT2D eigenvalue weighted by Crippen LogP contribution is -2.43. The Kier molecular flexibility index (Phi) is 7.45. The quantitative estimate of drug-likeness (QED) is 0.300. The van der Waals surface area contributed by atoms with Crippen molar-refractivity contribution >= 4 is 23.2 Å². The highest BCUT2D eigenvalue weighted by atomic mass is 32.1. The monoisotopic (exact) mass is 541 g/mol. The van der Waals surface area contributed by atoms with Crippen LogP contribution < -0.4 is 10.1 Å². The molecule has 1 aliphatic heterocycles. The van der Waals surface area contributed by atoms with Crippen LogP contribution in [0.5, 0.6) is 5.75 Å². The number of hydrogen-bond acceptors (Lipinski definition) is 6. The Morgan fingerprint density at radius 1 is 1.08 bits per heavy atom. The number of thiazole rings is 1. The van der Waals surface area contributed by atoms with Crippen LogP contribution in [0.25, 0.3) is 0 Å². The summed E-state index contributed by atoms with van der Waals surface area (Å²) in [5.74, 6) is 1.57. The Balaban J connectivity index is 1.18. The molecule has 39 heavy (non-hydrogen) atoms. The molecule has 1 fully saturated rings. The molecule has 200 valence electrons. The fourth-order valence-corrected chi connectivity index (χ4v) is 6.31. The molecule has 2 aromatic heterocycles. The minimum Gasteiger partial charge on any atom is -0.486 e. The van der Waals surface area contributed by atoms with Crippen LogP contribution in [0, 0.1) is 5.92 Å². The summed E-state index contributed by atoms with van der Waals surface area (Å²) in [6.45, 7) is 1.30. The van der Waals surface area contributed by atoms with E-state index in [0.717, 1.165) is 55.5 Å². The predicted molar refractivity (Wildman–Crippen MR) is 148 cm³/mol. The standard InChI is InChI=1S/C31H31N3O4S/c35-30(32-18-25-11-6-16-37-25)27-20-39-28(33-27)19-38-24-13-12-21-14-15-34(31(36)23-9-4-5-10-23)29(26(21)17-24)22-7-2-1-3-8-22/h1-3,6-8,11-13,16-17,20,23,29H,4-5,9-10,14-15,18-19H2,(H,32,35)/t29-/m0/s1. The molecule has 1 aliphatic carbocycles. The fourth-order valence-electron chi connectivity index (χ4n) is 5.62. The largest absolute Gasteiger partial charge is 0.486 e. The zero-order valence-corrected chi connectivity index (χ0v) is 22.5. The van der Waals surface area contributed by atoms with E-state index in [4.69, 9.17) is 9.15 Å². The van der Waals surface area contributed by atoms with Crippen molar-refractivity contribution in [1.29, 1.82) is 0 Å². The van der Waals surface area contributed by atoms with Gasteiger partial charge in [-0.1, -0.05) is 49.2 Å². The maximum atomic E-state index is 13.6. The number of nitrogens with one attached hydrogen (secondary N) is 1. The van der Waals surface area contributed by atoms with E-state index in [9.17, 15) is 9.59 Å². The summed E-state index contributed by atoms with van der Waals surface area (Å²) in [5.41, 5.74) is 3.85. The van der Waals surface area contributed by atoms with Crippen molar-refractivity contribution in [2.24, 2.45) is 5.92 Å². The third-order valence-electron chi connectivity index (χ3n) is 7.60. The molecule has 0 unspecified atom stereocenters. The van der Waals surface area contributed by atoms with E-state index in [1.807, 2.05) is 30.3 Å². The number of benzene rings is 2. The number of amides is 2. The average molecular weight is 542 g/mol. The van der Waals surface area contributed by atoms with Crippen molar-refractivity contribution in [2.45, 2.75) is 51.3 Å². The number of furan rings is 1. The van der Waals surface area contributed by atoms with Crippen LogP contribution >= 0.6 is 11.3 Å². The summed E-state index contributed by atoms with van der Waals surface area (Å²) < 4.78 is 11.4. The molecule has 0 radical (unpaired) electrons. The Labute approximate surface area is 231 Å². The molecule has 2 aliphatic rings. The van der Waals surface area contributed by atoms with Gasteiger partial charge in [0.25, 0.3) is 5.91 Å². The van der Waals surface area contributed by atoms with Gasteiger partial charge in [0.05, 0.1) is 18.8 Å². The molecule has 4 aromatic rings. The van der Waals surface area contributed by atoms with Crippen molar-refractivity contribution in [2.75, 3.05) is 6.54 Å². The normalized spacial score (nSPS) is 17.1. The molecule has 7 nitrogen and oxygen atoms in total. The first kappa shape index (κ1) is 25.4. The van der Waals surface area contributed by atoms with Gasteiger partial charge in [0.1, 0.15) is 28.8 Å². The second-order valence-corrected chi connectivity index (χ2v) is 11.1. The molecule has 6 rings (SSSR count). The van der Waals surface area contributed by atoms with Crippen LogP contribution in [0.1, 0.15) is 69.7 Å². The van der Waals surface area contributed by atoms with Gasteiger partial charge in [0.15, 0.2) is 0 Å². The minimum absolute atomic E-state index is 0.129. The number of aromatic nitrogens is 1. The van der Waals surface area contributed by atoms with Crippen LogP contribution in [-0.4, -0.2) is 28.2 Å². The van der Waals surface area contributed by atoms with E-state index in [1.165, 1.54) is 16.9 Å². The van der Waals surface area contributed by atoms with Crippen molar-refractivity contribution < 1.29 is 18.7 Å². The van der Waals surface area contributed by atoms with Gasteiger partial charge in [0, 0.05) is 17.8 Å². The lowest BCUT2D eigenvalue weighted by molar-refractivity contribution is -0.137. The van der Waals surface area contributed by atoms with Gasteiger partial charge >= 0.3 is 0 Å². The maximum Gasteiger partial charge on any atom is 0.271 e. The first-order valence-corrected chi connectivity index (χ1v) is 14.4. The van der Waals surface area contributed by atoms with Crippen LogP contribution in [0.3, 0.4) is 0 Å². The fraction of sp³-hybridized carbons (Fsp3) is 0.323. The van der Waals surface area contributed by atoms with Crippen LogP contribution in [0.4, 0.5) is 0 Å². The molecule has 1 N–H and O–H groups in total. The molecular weight excluding hydrogens is 510 g/mol. The Hall–Kier alpha value is -3.91. The van der Waals surface area contributed by atoms with Gasteiger partial charge in [0.2, 0.25) is 5.91 Å². The number of carbonyl (C=O) groups is 2. The van der Waals surface area contributed by atoms with Gasteiger partial charge in [-0.2, -0.15) is 0 Å². The summed E-state index contributed by atoms with van der Waals surface area (Å²) in [6, 6.07) is 19.9. The number of ether oxygens (including phenoxy) is 1. The van der Waals surface area contributed by atoms with Crippen molar-refractivity contribution in [1.82, 2.24) is 15.2 Å². The summed E-state index contributed by atoms with van der Waals surface area (Å²) >= 11 is 1.39. The molecule has 8 heteroatoms. The molecule has 0 spiro atoms. The van der Waals surface area contributed by atoms with Gasteiger partial charge in [-0.3, -0.25) is 9.59 Å². The summed E-state index contributed by atoms with van der Waals surface area (Å²) in [4.78, 5) is 32.6. The van der Waals surface area contributed by atoms with Crippen molar-refractivity contribution in [3.05, 3.63) is 105 Å². The first-order valence-electron chi connectivity index (χ1n) is 13.5. The van der Waals surface area contributed by atoms with Crippen molar-refractivity contribution in [3.63, 3.8) is 0 Å². The summed E-state index contributed by atoms with van der Waals surface area (Å²) in [5, 5.41) is 5.27. The SMILES string of the molecule is O=C(NCc1ccco1)c1csc(COc2ccc3c(c2)[C@H](c2ccccc2)N(C(=O)C2CCCC2)CC3)n1. The number of rotatable bonds is 8. The Bertz CT molecular complexity index is 1430. The number of hydrogen-bond donors (Lipinski definition) is 1. The average Bonchev–Trinajstić information content (AvgIpc) is 3.78. The highest BCUT2D eigenvalue weighted by molar-refractivity contribution is 7.09. The number of fused-ring (bicyclic) bond motifs is 1. The molecule has 0 bridgehead atoms. The van der Waals surface area contributed by atoms with E-state index >= 15 is 0 Å². The van der Waals surface area contributed by atoms with Gasteiger partial charge in [-0.25, -0.2) is 4.98 Å². The predicted octanol–water partition coefficient (Wildman–Crippen LogP) is 5.91. The molecule has 1 saturated carbocycles. The zero-order valence-electron chi connectivity index (χ0n) is 21.7. The van der Waals surface area contributed by atoms with Crippen molar-refractivity contribution in [3.8, 4) is 5.75 Å². The highest BCUT2D eigenvalue weighted by Gasteiger charge is 2.36. The van der Waals surface area contributed by atoms with E-state index in [2.05, 4.69) is 39.5 Å². The lowest BCUT2D eigenvalue weighted by Gasteiger charge is -2.39. The van der Waals surface area contributed by atoms with E-state index in [1.54, 1.807) is 17.7 Å². The van der Waals surface area contributed by atoms with Gasteiger partial charge < -0.3 is 19.4 Å². The maximum absolute atomic E-state index is 13.6. The summed E-state index contributed by atoms with van der Waals surface area (Å²) in [7, 11) is 0. The van der Waals surface area contributed by atoms with Gasteiger partial charge in [-0.05, 0) is 60.2 Å². The van der Waals surface area contributed by atoms with E-state index < -0.39 is 0 Å². The number of carbonyl (C=O) groups excluding carboxylic acids is 2. The van der Waals surface area contributed by atoms with Crippen LogP contribution in [0.2, 0.25) is 0 Å². The van der Waals surface area contributed by atoms with E-state index in [-0.39, 0.29) is 30.4 Å². The first-order chi connectivity index (χ1) is 19.2. The molecule has 1 atom stereocenters. The minimum atomic E-state index is -0.250. The van der Waals surface area contributed by atoms with Crippen LogP contribution in [0.15, 0.2) is 76.7 Å². The van der Waals surface area contributed by atoms with E-state index in [0.29, 0.717) is 23.0 Å². The number of nitrogens with zero attached hydrogens (tertiary/aromatic N) is 2. The molecule has 2 aromatic carbocycles. The lowest BCUT2D eigenvalue weighted by atomic mass is 9.87. The Morgan fingerprint density at radius 2 is 1.92 bits per heavy atom. The molecule has 2 amide bonds. The Morgan fingerprint density at radius 3 is 2.72 bits per heavy atom. The third-order valence-corrected chi connectivity index (χ3v) is 8.42. The third kappa shape index (κ3) is 5.61. The molecule has 3 heterocycles. The molecular formula is C31H31N3O4S. The molecule has 0 saturated heterocycles. The second kappa shape index (κ2) is 11.5. The second-order valence-electron chi connectivity index (χ2n) is 10.1. The van der Waals surface area contributed by atoms with Crippen LogP contribution in [-0.2, 0) is 24.4 Å². The highest BCUT2D eigenvalue weighted by Crippen LogP contribution is 2.39.